The molecule has 1 aliphatic heterocycles. The highest BCUT2D eigenvalue weighted by Crippen LogP contribution is 2.24. The zero-order valence-corrected chi connectivity index (χ0v) is 10.0. The second-order valence-corrected chi connectivity index (χ2v) is 4.27. The van der Waals surface area contributed by atoms with Crippen molar-refractivity contribution in [2.45, 2.75) is 51.9 Å². The first-order chi connectivity index (χ1) is 7.14. The average molecular weight is 210 g/mol. The van der Waals surface area contributed by atoms with Gasteiger partial charge in [0.1, 0.15) is 0 Å². The SMILES string of the molecule is CC/C=C\C/C=C\C[C@H]1COC(C)(C)O1. The van der Waals surface area contributed by atoms with E-state index in [1.54, 1.807) is 0 Å². The van der Waals surface area contributed by atoms with Crippen LogP contribution in [0, 0.1) is 0 Å². The Labute approximate surface area is 93.0 Å². The molecule has 86 valence electrons. The van der Waals surface area contributed by atoms with E-state index in [1.165, 1.54) is 0 Å². The molecule has 1 atom stereocenters. The largest absolute Gasteiger partial charge is 0.348 e. The molecular weight excluding hydrogens is 188 g/mol. The van der Waals surface area contributed by atoms with E-state index in [0.29, 0.717) is 6.61 Å². The van der Waals surface area contributed by atoms with E-state index < -0.39 is 0 Å². The molecule has 0 aromatic carbocycles. The zero-order valence-electron chi connectivity index (χ0n) is 10.0. The summed E-state index contributed by atoms with van der Waals surface area (Å²) in [6.45, 7) is 6.77. The first kappa shape index (κ1) is 12.5. The molecule has 1 fully saturated rings. The summed E-state index contributed by atoms with van der Waals surface area (Å²) in [7, 11) is 0. The van der Waals surface area contributed by atoms with Gasteiger partial charge in [0.05, 0.1) is 12.7 Å². The van der Waals surface area contributed by atoms with E-state index in [2.05, 4.69) is 31.2 Å². The molecule has 0 unspecified atom stereocenters. The summed E-state index contributed by atoms with van der Waals surface area (Å²) in [6.07, 6.45) is 12.0. The van der Waals surface area contributed by atoms with Crippen LogP contribution in [-0.4, -0.2) is 18.5 Å². The highest BCUT2D eigenvalue weighted by Gasteiger charge is 2.31. The molecular formula is C13H22O2. The van der Waals surface area contributed by atoms with Crippen molar-refractivity contribution in [3.63, 3.8) is 0 Å². The molecule has 1 aliphatic rings. The lowest BCUT2D eigenvalue weighted by Gasteiger charge is -2.16. The van der Waals surface area contributed by atoms with Crippen LogP contribution in [0.4, 0.5) is 0 Å². The first-order valence-corrected chi connectivity index (χ1v) is 5.76. The predicted octanol–water partition coefficient (Wildman–Crippen LogP) is 3.44. The average Bonchev–Trinajstić information content (AvgIpc) is 2.52. The van der Waals surface area contributed by atoms with Crippen LogP contribution in [-0.2, 0) is 9.47 Å². The topological polar surface area (TPSA) is 18.5 Å². The summed E-state index contributed by atoms with van der Waals surface area (Å²) >= 11 is 0. The van der Waals surface area contributed by atoms with E-state index in [4.69, 9.17) is 9.47 Å². The summed E-state index contributed by atoms with van der Waals surface area (Å²) in [5.41, 5.74) is 0. The Balaban J connectivity index is 2.13. The van der Waals surface area contributed by atoms with E-state index >= 15 is 0 Å². The minimum Gasteiger partial charge on any atom is -0.348 e. The lowest BCUT2D eigenvalue weighted by molar-refractivity contribution is -0.137. The maximum Gasteiger partial charge on any atom is 0.163 e. The van der Waals surface area contributed by atoms with Gasteiger partial charge in [-0.15, -0.1) is 0 Å². The quantitative estimate of drug-likeness (QED) is 0.647. The number of rotatable bonds is 5. The van der Waals surface area contributed by atoms with Gasteiger partial charge in [0.15, 0.2) is 5.79 Å². The molecule has 0 saturated carbocycles. The van der Waals surface area contributed by atoms with Crippen molar-refractivity contribution < 1.29 is 9.47 Å². The molecule has 0 aliphatic carbocycles. The van der Waals surface area contributed by atoms with Crippen LogP contribution >= 0.6 is 0 Å². The van der Waals surface area contributed by atoms with E-state index in [9.17, 15) is 0 Å². The van der Waals surface area contributed by atoms with Crippen LogP contribution in [0.2, 0.25) is 0 Å². The zero-order chi connectivity index (χ0) is 11.1. The molecule has 1 saturated heterocycles. The van der Waals surface area contributed by atoms with Crippen molar-refractivity contribution in [2.75, 3.05) is 6.61 Å². The Morgan fingerprint density at radius 1 is 1.20 bits per heavy atom. The second-order valence-electron chi connectivity index (χ2n) is 4.27. The summed E-state index contributed by atoms with van der Waals surface area (Å²) in [5, 5.41) is 0. The fraction of sp³-hybridized carbons (Fsp3) is 0.692. The van der Waals surface area contributed by atoms with Gasteiger partial charge in [-0.1, -0.05) is 31.2 Å². The Kier molecular flexibility index (Phi) is 5.06. The van der Waals surface area contributed by atoms with Gasteiger partial charge in [-0.2, -0.15) is 0 Å². The number of hydrogen-bond donors (Lipinski definition) is 0. The van der Waals surface area contributed by atoms with Gasteiger partial charge in [-0.25, -0.2) is 0 Å². The summed E-state index contributed by atoms with van der Waals surface area (Å²) in [4.78, 5) is 0. The van der Waals surface area contributed by atoms with Crippen LogP contribution in [0.25, 0.3) is 0 Å². The number of allylic oxidation sites excluding steroid dienone is 3. The Bertz CT molecular complexity index is 229. The van der Waals surface area contributed by atoms with Crippen molar-refractivity contribution in [1.82, 2.24) is 0 Å². The third-order valence-corrected chi connectivity index (χ3v) is 2.31. The molecule has 0 aromatic rings. The summed E-state index contributed by atoms with van der Waals surface area (Å²) in [5.74, 6) is -0.388. The maximum atomic E-state index is 5.68. The lowest BCUT2D eigenvalue weighted by Crippen LogP contribution is -2.21. The Morgan fingerprint density at radius 2 is 1.93 bits per heavy atom. The van der Waals surface area contributed by atoms with Crippen LogP contribution in [0.15, 0.2) is 24.3 Å². The third-order valence-electron chi connectivity index (χ3n) is 2.31. The molecule has 0 aromatic heterocycles. The molecule has 15 heavy (non-hydrogen) atoms. The minimum absolute atomic E-state index is 0.228. The van der Waals surface area contributed by atoms with E-state index in [0.717, 1.165) is 19.3 Å². The highest BCUT2D eigenvalue weighted by molar-refractivity contribution is 4.94. The maximum absolute atomic E-state index is 5.68. The third kappa shape index (κ3) is 5.14. The van der Waals surface area contributed by atoms with Gasteiger partial charge in [-0.05, 0) is 33.1 Å². The molecule has 1 rings (SSSR count). The first-order valence-electron chi connectivity index (χ1n) is 5.76. The van der Waals surface area contributed by atoms with Gasteiger partial charge in [0.2, 0.25) is 0 Å². The molecule has 0 amide bonds. The monoisotopic (exact) mass is 210 g/mol. The second kappa shape index (κ2) is 6.09. The lowest BCUT2D eigenvalue weighted by atomic mass is 10.2. The van der Waals surface area contributed by atoms with Gasteiger partial charge < -0.3 is 9.47 Å². The minimum atomic E-state index is -0.388. The van der Waals surface area contributed by atoms with E-state index in [1.807, 2.05) is 13.8 Å². The van der Waals surface area contributed by atoms with Crippen LogP contribution in [0.1, 0.15) is 40.0 Å². The molecule has 0 spiro atoms. The standard InChI is InChI=1S/C13H22O2/c1-4-5-6-7-8-9-10-12-11-14-13(2,3)15-12/h5-6,8-9,12H,4,7,10-11H2,1-3H3/b6-5-,9-8-/t12-/m0/s1. The van der Waals surface area contributed by atoms with Crippen LogP contribution in [0.5, 0.6) is 0 Å². The van der Waals surface area contributed by atoms with Crippen LogP contribution < -0.4 is 0 Å². The van der Waals surface area contributed by atoms with Gasteiger partial charge >= 0.3 is 0 Å². The number of ether oxygens (including phenoxy) is 2. The van der Waals surface area contributed by atoms with Crippen molar-refractivity contribution in [1.29, 1.82) is 0 Å². The van der Waals surface area contributed by atoms with Crippen LogP contribution in [0.3, 0.4) is 0 Å². The fourth-order valence-corrected chi connectivity index (χ4v) is 1.56. The van der Waals surface area contributed by atoms with Crippen molar-refractivity contribution in [2.24, 2.45) is 0 Å². The molecule has 0 N–H and O–H groups in total. The van der Waals surface area contributed by atoms with Gasteiger partial charge in [0.25, 0.3) is 0 Å². The smallest absolute Gasteiger partial charge is 0.163 e. The van der Waals surface area contributed by atoms with E-state index in [-0.39, 0.29) is 11.9 Å². The van der Waals surface area contributed by atoms with Crippen molar-refractivity contribution in [3.8, 4) is 0 Å². The van der Waals surface area contributed by atoms with Crippen molar-refractivity contribution in [3.05, 3.63) is 24.3 Å². The molecule has 1 heterocycles. The Hall–Kier alpha value is -0.600. The highest BCUT2D eigenvalue weighted by atomic mass is 16.7. The van der Waals surface area contributed by atoms with Crippen molar-refractivity contribution >= 4 is 0 Å². The number of hydrogen-bond acceptors (Lipinski definition) is 2. The molecule has 0 radical (unpaired) electrons. The normalized spacial score (nSPS) is 25.7. The predicted molar refractivity (Wildman–Crippen MR) is 62.7 cm³/mol. The Morgan fingerprint density at radius 3 is 2.53 bits per heavy atom. The molecule has 0 bridgehead atoms. The molecule has 2 nitrogen and oxygen atoms in total. The molecule has 2 heteroatoms. The summed E-state index contributed by atoms with van der Waals surface area (Å²) < 4.78 is 11.2. The van der Waals surface area contributed by atoms with Gasteiger partial charge in [0, 0.05) is 0 Å². The fourth-order valence-electron chi connectivity index (χ4n) is 1.56. The summed E-state index contributed by atoms with van der Waals surface area (Å²) in [6, 6.07) is 0. The van der Waals surface area contributed by atoms with Gasteiger partial charge in [-0.3, -0.25) is 0 Å².